The first-order valence-electron chi connectivity index (χ1n) is 8.81. The van der Waals surface area contributed by atoms with E-state index in [-0.39, 0.29) is 31.3 Å². The lowest BCUT2D eigenvalue weighted by Crippen LogP contribution is -2.29. The number of carbonyl (C=O) groups is 2. The number of halogens is 2. The van der Waals surface area contributed by atoms with E-state index in [0.29, 0.717) is 21.4 Å². The number of rotatable bonds is 10. The fourth-order valence-electron chi connectivity index (χ4n) is 2.61. The van der Waals surface area contributed by atoms with Gasteiger partial charge in [0.2, 0.25) is 0 Å². The van der Waals surface area contributed by atoms with Gasteiger partial charge in [-0.15, -0.1) is 0 Å². The smallest absolute Gasteiger partial charge is 0.333 e. The second-order valence-corrected chi connectivity index (χ2v) is 7.38. The summed E-state index contributed by atoms with van der Waals surface area (Å²) in [6.07, 6.45) is -0.871. The van der Waals surface area contributed by atoms with Crippen molar-refractivity contribution in [2.24, 2.45) is 0 Å². The average molecular weight is 425 g/mol. The van der Waals surface area contributed by atoms with Gasteiger partial charge in [-0.25, -0.2) is 4.79 Å². The maximum atomic E-state index is 12.2. The quantitative estimate of drug-likeness (QED) is 0.602. The number of benzene rings is 2. The summed E-state index contributed by atoms with van der Waals surface area (Å²) >= 11 is 12.2. The number of carboxylic acid groups (broad SMARTS) is 1. The van der Waals surface area contributed by atoms with Crippen LogP contribution < -0.4 is 4.74 Å². The maximum Gasteiger partial charge on any atom is 0.333 e. The highest BCUT2D eigenvalue weighted by Gasteiger charge is 2.20. The molecule has 150 valence electrons. The Hall–Kier alpha value is -2.08. The lowest BCUT2D eigenvalue weighted by molar-refractivity contribution is -0.153. The van der Waals surface area contributed by atoms with E-state index in [2.05, 4.69) is 0 Å². The van der Waals surface area contributed by atoms with Crippen LogP contribution in [0.2, 0.25) is 10.0 Å². The number of ketones is 1. The van der Waals surface area contributed by atoms with Crippen LogP contribution >= 0.6 is 23.2 Å². The van der Waals surface area contributed by atoms with Crippen LogP contribution in [0.25, 0.3) is 0 Å². The van der Waals surface area contributed by atoms with Gasteiger partial charge >= 0.3 is 5.97 Å². The Morgan fingerprint density at radius 3 is 2.32 bits per heavy atom. The van der Waals surface area contributed by atoms with Gasteiger partial charge in [0, 0.05) is 22.9 Å². The average Bonchev–Trinajstić information content (AvgIpc) is 2.62. The zero-order valence-electron chi connectivity index (χ0n) is 15.7. The molecule has 0 saturated heterocycles. The molecule has 0 aliphatic rings. The molecule has 2 aromatic carbocycles. The van der Waals surface area contributed by atoms with Crippen LogP contribution in [-0.4, -0.2) is 35.7 Å². The van der Waals surface area contributed by atoms with Crippen molar-refractivity contribution in [3.8, 4) is 5.75 Å². The van der Waals surface area contributed by atoms with Crippen molar-refractivity contribution in [3.63, 3.8) is 0 Å². The summed E-state index contributed by atoms with van der Waals surface area (Å²) in [7, 11) is 0. The third kappa shape index (κ3) is 6.82. The summed E-state index contributed by atoms with van der Waals surface area (Å²) in [5, 5.41) is 10.2. The highest BCUT2D eigenvalue weighted by molar-refractivity contribution is 6.36. The normalized spacial score (nSPS) is 12.0. The van der Waals surface area contributed by atoms with Crippen LogP contribution in [0, 0.1) is 0 Å². The van der Waals surface area contributed by atoms with Crippen molar-refractivity contribution >= 4 is 35.0 Å². The fourth-order valence-corrected chi connectivity index (χ4v) is 3.14. The summed E-state index contributed by atoms with van der Waals surface area (Å²) in [5.41, 5.74) is 1.32. The van der Waals surface area contributed by atoms with Gasteiger partial charge in [-0.1, -0.05) is 41.4 Å². The second-order valence-electron chi connectivity index (χ2n) is 6.57. The minimum atomic E-state index is -1.02. The molecule has 0 fully saturated rings. The molecule has 0 heterocycles. The Kier molecular flexibility index (Phi) is 8.30. The molecule has 0 aliphatic heterocycles. The first-order valence-corrected chi connectivity index (χ1v) is 9.56. The highest BCUT2D eigenvalue weighted by Crippen LogP contribution is 2.25. The molecule has 28 heavy (non-hydrogen) atoms. The second kappa shape index (κ2) is 10.5. The first kappa shape index (κ1) is 22.2. The SMILES string of the molecule is CC(C)O[C@@H](Cc1cccc(OCC(=O)Cc2c(Cl)cccc2Cl)c1)C(=O)O. The van der Waals surface area contributed by atoms with Gasteiger partial charge in [0.15, 0.2) is 11.9 Å². The minimum Gasteiger partial charge on any atom is -0.486 e. The number of Topliss-reactive ketones (excluding diaryl/α,β-unsaturated/α-hetero) is 1. The van der Waals surface area contributed by atoms with Gasteiger partial charge < -0.3 is 14.6 Å². The Bertz CT molecular complexity index is 815. The van der Waals surface area contributed by atoms with Crippen LogP contribution in [0.15, 0.2) is 42.5 Å². The van der Waals surface area contributed by atoms with Gasteiger partial charge in [0.25, 0.3) is 0 Å². The monoisotopic (exact) mass is 424 g/mol. The molecule has 7 heteroatoms. The molecule has 1 atom stereocenters. The fraction of sp³-hybridized carbons (Fsp3) is 0.333. The van der Waals surface area contributed by atoms with Crippen molar-refractivity contribution in [1.29, 1.82) is 0 Å². The van der Waals surface area contributed by atoms with Crippen molar-refractivity contribution in [2.75, 3.05) is 6.61 Å². The third-order valence-corrected chi connectivity index (χ3v) is 4.58. The largest absolute Gasteiger partial charge is 0.486 e. The Morgan fingerprint density at radius 1 is 1.07 bits per heavy atom. The van der Waals surface area contributed by atoms with E-state index in [1.165, 1.54) is 0 Å². The van der Waals surface area contributed by atoms with Crippen LogP contribution in [0.1, 0.15) is 25.0 Å². The van der Waals surface area contributed by atoms with Gasteiger partial charge in [-0.3, -0.25) is 4.79 Å². The van der Waals surface area contributed by atoms with E-state index in [1.54, 1.807) is 56.3 Å². The number of hydrogen-bond acceptors (Lipinski definition) is 4. The van der Waals surface area contributed by atoms with Gasteiger partial charge in [-0.05, 0) is 49.2 Å². The van der Waals surface area contributed by atoms with E-state index < -0.39 is 12.1 Å². The molecular weight excluding hydrogens is 403 g/mol. The molecule has 0 amide bonds. The highest BCUT2D eigenvalue weighted by atomic mass is 35.5. The summed E-state index contributed by atoms with van der Waals surface area (Å²) in [4.78, 5) is 23.6. The summed E-state index contributed by atoms with van der Waals surface area (Å²) < 4.78 is 11.0. The number of carbonyl (C=O) groups excluding carboxylic acids is 1. The van der Waals surface area contributed by atoms with E-state index in [1.807, 2.05) is 0 Å². The summed E-state index contributed by atoms with van der Waals surface area (Å²) in [5.74, 6) is -0.719. The Labute approximate surface area is 174 Å². The van der Waals surface area contributed by atoms with Crippen LogP contribution in [0.3, 0.4) is 0 Å². The van der Waals surface area contributed by atoms with Gasteiger partial charge in [0.05, 0.1) is 6.10 Å². The molecular formula is C21H22Cl2O5. The first-order chi connectivity index (χ1) is 13.3. The Balaban J connectivity index is 1.97. The molecule has 5 nitrogen and oxygen atoms in total. The van der Waals surface area contributed by atoms with Crippen LogP contribution in [0.5, 0.6) is 5.75 Å². The van der Waals surface area contributed by atoms with Gasteiger partial charge in [-0.2, -0.15) is 0 Å². The summed E-state index contributed by atoms with van der Waals surface area (Å²) in [6, 6.07) is 12.0. The van der Waals surface area contributed by atoms with Crippen LogP contribution in [0.4, 0.5) is 0 Å². The zero-order valence-corrected chi connectivity index (χ0v) is 17.2. The molecule has 0 unspecified atom stereocenters. The van der Waals surface area contributed by atoms with Crippen molar-refractivity contribution in [3.05, 3.63) is 63.6 Å². The minimum absolute atomic E-state index is 0.0709. The molecule has 0 aliphatic carbocycles. The molecule has 0 saturated carbocycles. The molecule has 0 bridgehead atoms. The molecule has 0 radical (unpaired) electrons. The predicted octanol–water partition coefficient (Wildman–Crippen LogP) is 4.60. The lowest BCUT2D eigenvalue weighted by Gasteiger charge is -2.17. The zero-order chi connectivity index (χ0) is 20.7. The number of hydrogen-bond donors (Lipinski definition) is 1. The molecule has 2 rings (SSSR count). The topological polar surface area (TPSA) is 72.8 Å². The standard InChI is InChI=1S/C21H22Cl2O5/c1-13(2)28-20(21(25)26)10-14-5-3-6-16(9-14)27-12-15(24)11-17-18(22)7-4-8-19(17)23/h3-9,13,20H,10-12H2,1-2H3,(H,25,26)/t20-/m0/s1. The molecule has 2 aromatic rings. The number of carboxylic acids is 1. The maximum absolute atomic E-state index is 12.2. The van der Waals surface area contributed by atoms with E-state index >= 15 is 0 Å². The van der Waals surface area contributed by atoms with E-state index in [4.69, 9.17) is 32.7 Å². The summed E-state index contributed by atoms with van der Waals surface area (Å²) in [6.45, 7) is 3.43. The van der Waals surface area contributed by atoms with E-state index in [0.717, 1.165) is 5.56 Å². The van der Waals surface area contributed by atoms with Crippen molar-refractivity contribution in [1.82, 2.24) is 0 Å². The third-order valence-electron chi connectivity index (χ3n) is 3.87. The predicted molar refractivity (Wildman–Crippen MR) is 108 cm³/mol. The van der Waals surface area contributed by atoms with Crippen molar-refractivity contribution in [2.45, 2.75) is 38.9 Å². The molecule has 0 spiro atoms. The Morgan fingerprint density at radius 2 is 1.71 bits per heavy atom. The number of aliphatic carboxylic acids is 1. The van der Waals surface area contributed by atoms with Crippen LogP contribution in [-0.2, 0) is 27.2 Å². The van der Waals surface area contributed by atoms with E-state index in [9.17, 15) is 14.7 Å². The molecule has 0 aromatic heterocycles. The lowest BCUT2D eigenvalue weighted by atomic mass is 10.1. The number of ether oxygens (including phenoxy) is 2. The van der Waals surface area contributed by atoms with Crippen molar-refractivity contribution < 1.29 is 24.2 Å². The molecule has 1 N–H and O–H groups in total. The van der Waals surface area contributed by atoms with Gasteiger partial charge in [0.1, 0.15) is 12.4 Å².